The van der Waals surface area contributed by atoms with Crippen LogP contribution in [0.15, 0.2) is 12.1 Å². The third-order valence-corrected chi connectivity index (χ3v) is 2.23. The van der Waals surface area contributed by atoms with Gasteiger partial charge in [-0.2, -0.15) is 0 Å². The normalized spacial score (nSPS) is 10.6. The van der Waals surface area contributed by atoms with Crippen LogP contribution in [0.1, 0.15) is 30.1 Å². The lowest BCUT2D eigenvalue weighted by Gasteiger charge is -2.04. The molecule has 1 aromatic carbocycles. The zero-order valence-electron chi connectivity index (χ0n) is 9.43. The first-order valence-corrected chi connectivity index (χ1v) is 5.32. The summed E-state index contributed by atoms with van der Waals surface area (Å²) in [6.07, 6.45) is 0.465. The molecule has 17 heavy (non-hydrogen) atoms. The maximum Gasteiger partial charge on any atom is 0.195 e. The average Bonchev–Trinajstić information content (AvgIpc) is 2.31. The van der Waals surface area contributed by atoms with Crippen LogP contribution in [0.5, 0.6) is 0 Å². The fourth-order valence-corrected chi connectivity index (χ4v) is 1.36. The van der Waals surface area contributed by atoms with Crippen LogP contribution in [0, 0.1) is 17.5 Å². The number of Topliss-reactive ketones (excluding diaryl/α,β-unsaturated/α-hetero) is 1. The first kappa shape index (κ1) is 13.7. The smallest absolute Gasteiger partial charge is 0.195 e. The molecule has 0 aromatic heterocycles. The van der Waals surface area contributed by atoms with Crippen molar-refractivity contribution in [2.24, 2.45) is 0 Å². The molecule has 2 nitrogen and oxygen atoms in total. The second-order valence-electron chi connectivity index (χ2n) is 3.45. The molecule has 0 radical (unpaired) electrons. The summed E-state index contributed by atoms with van der Waals surface area (Å²) >= 11 is 0. The minimum Gasteiger partial charge on any atom is -0.382 e. The molecule has 0 aliphatic heterocycles. The van der Waals surface area contributed by atoms with Crippen molar-refractivity contribution in [3.05, 3.63) is 35.1 Å². The Morgan fingerprint density at radius 3 is 2.59 bits per heavy atom. The van der Waals surface area contributed by atoms with Gasteiger partial charge >= 0.3 is 0 Å². The van der Waals surface area contributed by atoms with E-state index in [-0.39, 0.29) is 6.42 Å². The highest BCUT2D eigenvalue weighted by molar-refractivity contribution is 5.96. The zero-order chi connectivity index (χ0) is 12.8. The topological polar surface area (TPSA) is 26.3 Å². The van der Waals surface area contributed by atoms with E-state index in [2.05, 4.69) is 0 Å². The van der Waals surface area contributed by atoms with Gasteiger partial charge in [0, 0.05) is 19.6 Å². The summed E-state index contributed by atoms with van der Waals surface area (Å²) in [5, 5.41) is 0. The van der Waals surface area contributed by atoms with Crippen LogP contribution in [0.4, 0.5) is 13.2 Å². The van der Waals surface area contributed by atoms with Gasteiger partial charge in [0.15, 0.2) is 23.2 Å². The van der Waals surface area contributed by atoms with Crippen molar-refractivity contribution in [2.75, 3.05) is 13.2 Å². The molecule has 0 bridgehead atoms. The minimum absolute atomic E-state index is 0.0436. The number of ether oxygens (including phenoxy) is 1. The molecular formula is C12H13F3O2. The van der Waals surface area contributed by atoms with Gasteiger partial charge in [-0.25, -0.2) is 13.2 Å². The maximum atomic E-state index is 13.2. The third kappa shape index (κ3) is 3.56. The van der Waals surface area contributed by atoms with Crippen molar-refractivity contribution >= 4 is 5.78 Å². The molecule has 0 saturated heterocycles. The molecular weight excluding hydrogens is 233 g/mol. The first-order chi connectivity index (χ1) is 8.07. The van der Waals surface area contributed by atoms with Crippen molar-refractivity contribution in [1.29, 1.82) is 0 Å². The molecule has 5 heteroatoms. The Kier molecular flexibility index (Phi) is 5.15. The number of hydrogen-bond donors (Lipinski definition) is 0. The van der Waals surface area contributed by atoms with Crippen LogP contribution >= 0.6 is 0 Å². The maximum absolute atomic E-state index is 13.2. The van der Waals surface area contributed by atoms with Crippen LogP contribution in [0.2, 0.25) is 0 Å². The summed E-state index contributed by atoms with van der Waals surface area (Å²) in [6, 6.07) is 1.70. The van der Waals surface area contributed by atoms with Gasteiger partial charge in [0.25, 0.3) is 0 Å². The van der Waals surface area contributed by atoms with Crippen molar-refractivity contribution in [2.45, 2.75) is 19.8 Å². The molecule has 0 fully saturated rings. The molecule has 0 N–H and O–H groups in total. The summed E-state index contributed by atoms with van der Waals surface area (Å²) in [5.74, 6) is -4.89. The van der Waals surface area contributed by atoms with Gasteiger partial charge in [0.1, 0.15) is 0 Å². The van der Waals surface area contributed by atoms with E-state index in [0.29, 0.717) is 19.6 Å². The number of rotatable bonds is 6. The lowest BCUT2D eigenvalue weighted by atomic mass is 10.1. The molecule has 1 aromatic rings. The van der Waals surface area contributed by atoms with E-state index in [0.717, 1.165) is 12.1 Å². The number of halogens is 3. The van der Waals surface area contributed by atoms with Gasteiger partial charge < -0.3 is 4.74 Å². The number of carbonyl (C=O) groups excluding carboxylic acids is 1. The van der Waals surface area contributed by atoms with E-state index in [1.54, 1.807) is 0 Å². The van der Waals surface area contributed by atoms with Gasteiger partial charge in [-0.3, -0.25) is 4.79 Å². The van der Waals surface area contributed by atoms with Crippen LogP contribution in [0.25, 0.3) is 0 Å². The molecule has 0 aliphatic rings. The van der Waals surface area contributed by atoms with Crippen LogP contribution in [0.3, 0.4) is 0 Å². The van der Waals surface area contributed by atoms with Crippen molar-refractivity contribution < 1.29 is 22.7 Å². The molecule has 0 heterocycles. The molecule has 0 spiro atoms. The van der Waals surface area contributed by atoms with Crippen LogP contribution in [-0.4, -0.2) is 19.0 Å². The largest absolute Gasteiger partial charge is 0.382 e. The van der Waals surface area contributed by atoms with E-state index in [1.807, 2.05) is 6.92 Å². The second-order valence-corrected chi connectivity index (χ2v) is 3.45. The summed E-state index contributed by atoms with van der Waals surface area (Å²) in [4.78, 5) is 11.5. The number of ketones is 1. The van der Waals surface area contributed by atoms with Gasteiger partial charge in [0.2, 0.25) is 0 Å². The summed E-state index contributed by atoms with van der Waals surface area (Å²) < 4.78 is 43.7. The van der Waals surface area contributed by atoms with E-state index in [9.17, 15) is 18.0 Å². The van der Waals surface area contributed by atoms with E-state index < -0.39 is 28.8 Å². The minimum atomic E-state index is -1.61. The van der Waals surface area contributed by atoms with E-state index >= 15 is 0 Å². The predicted molar refractivity (Wildman–Crippen MR) is 56.4 cm³/mol. The Bertz CT molecular complexity index is 405. The van der Waals surface area contributed by atoms with Crippen molar-refractivity contribution in [3.8, 4) is 0 Å². The fraction of sp³-hybridized carbons (Fsp3) is 0.417. The monoisotopic (exact) mass is 246 g/mol. The average molecular weight is 246 g/mol. The van der Waals surface area contributed by atoms with Crippen LogP contribution < -0.4 is 0 Å². The molecule has 0 atom stereocenters. The fourth-order valence-electron chi connectivity index (χ4n) is 1.36. The Balaban J connectivity index is 2.66. The van der Waals surface area contributed by atoms with Gasteiger partial charge in [0.05, 0.1) is 5.56 Å². The second kappa shape index (κ2) is 6.39. The molecule has 0 amide bonds. The Labute approximate surface area is 97.4 Å². The molecule has 0 unspecified atom stereocenters. The predicted octanol–water partition coefficient (Wildman–Crippen LogP) is 3.10. The number of benzene rings is 1. The van der Waals surface area contributed by atoms with E-state index in [4.69, 9.17) is 4.74 Å². The van der Waals surface area contributed by atoms with Gasteiger partial charge in [-0.15, -0.1) is 0 Å². The van der Waals surface area contributed by atoms with Crippen LogP contribution in [-0.2, 0) is 4.74 Å². The highest BCUT2D eigenvalue weighted by atomic mass is 19.2. The summed E-state index contributed by atoms with van der Waals surface area (Å²) in [7, 11) is 0. The van der Waals surface area contributed by atoms with Crippen molar-refractivity contribution in [3.63, 3.8) is 0 Å². The SMILES string of the molecule is CCOCCCC(=O)c1ccc(F)c(F)c1F. The van der Waals surface area contributed by atoms with Gasteiger partial charge in [-0.1, -0.05) is 0 Å². The molecule has 1 rings (SSSR count). The number of carbonyl (C=O) groups is 1. The van der Waals surface area contributed by atoms with E-state index in [1.165, 1.54) is 0 Å². The summed E-state index contributed by atoms with van der Waals surface area (Å²) in [6.45, 7) is 2.73. The Hall–Kier alpha value is -1.36. The standard InChI is InChI=1S/C12H13F3O2/c1-2-17-7-3-4-10(16)8-5-6-9(13)12(15)11(8)14/h5-6H,2-4,7H2,1H3. The van der Waals surface area contributed by atoms with Crippen molar-refractivity contribution in [1.82, 2.24) is 0 Å². The molecule has 0 aliphatic carbocycles. The number of hydrogen-bond acceptors (Lipinski definition) is 2. The summed E-state index contributed by atoms with van der Waals surface area (Å²) in [5.41, 5.74) is -0.416. The highest BCUT2D eigenvalue weighted by Gasteiger charge is 2.18. The lowest BCUT2D eigenvalue weighted by molar-refractivity contribution is 0.0942. The Morgan fingerprint density at radius 2 is 1.94 bits per heavy atom. The zero-order valence-corrected chi connectivity index (χ0v) is 9.43. The van der Waals surface area contributed by atoms with Gasteiger partial charge in [-0.05, 0) is 25.5 Å². The third-order valence-electron chi connectivity index (χ3n) is 2.23. The lowest BCUT2D eigenvalue weighted by Crippen LogP contribution is -2.07. The Morgan fingerprint density at radius 1 is 1.24 bits per heavy atom. The molecule has 0 saturated carbocycles. The highest BCUT2D eigenvalue weighted by Crippen LogP contribution is 2.17. The molecule has 94 valence electrons. The first-order valence-electron chi connectivity index (χ1n) is 5.32. The quantitative estimate of drug-likeness (QED) is 0.438.